The number of amides is 1. The van der Waals surface area contributed by atoms with Crippen LogP contribution in [0.25, 0.3) is 0 Å². The van der Waals surface area contributed by atoms with Crippen molar-refractivity contribution >= 4 is 28.3 Å². The molecule has 25 heavy (non-hydrogen) atoms. The number of ether oxygens (including phenoxy) is 1. The van der Waals surface area contributed by atoms with E-state index < -0.39 is 0 Å². The quantitative estimate of drug-likeness (QED) is 0.771. The normalized spacial score (nSPS) is 20.8. The molecule has 5 nitrogen and oxygen atoms in total. The Labute approximate surface area is 153 Å². The van der Waals surface area contributed by atoms with Crippen LogP contribution in [-0.2, 0) is 27.2 Å². The van der Waals surface area contributed by atoms with Gasteiger partial charge in [0.05, 0.1) is 18.2 Å². The maximum Gasteiger partial charge on any atom is 0.309 e. The van der Waals surface area contributed by atoms with Crippen molar-refractivity contribution in [1.29, 1.82) is 0 Å². The zero-order chi connectivity index (χ0) is 17.6. The molecule has 1 aromatic rings. The fraction of sp³-hybridized carbons (Fsp3) is 0.737. The highest BCUT2D eigenvalue weighted by Crippen LogP contribution is 2.33. The summed E-state index contributed by atoms with van der Waals surface area (Å²) in [5.74, 6) is 0.607. The van der Waals surface area contributed by atoms with Gasteiger partial charge >= 0.3 is 5.97 Å². The van der Waals surface area contributed by atoms with Gasteiger partial charge in [0.2, 0.25) is 5.91 Å². The summed E-state index contributed by atoms with van der Waals surface area (Å²) in [7, 11) is 0. The number of nitrogens with one attached hydrogen (secondary N) is 1. The molecule has 0 spiro atoms. The molecule has 0 aromatic carbocycles. The maximum absolute atomic E-state index is 12.2. The van der Waals surface area contributed by atoms with Crippen LogP contribution in [0.2, 0.25) is 0 Å². The summed E-state index contributed by atoms with van der Waals surface area (Å²) in [6.45, 7) is 2.26. The fourth-order valence-electron chi connectivity index (χ4n) is 3.88. The van der Waals surface area contributed by atoms with E-state index in [1.807, 2.05) is 6.92 Å². The minimum atomic E-state index is -0.111. The number of carbonyl (C=O) groups is 2. The number of rotatable bonds is 6. The number of aromatic nitrogens is 1. The molecule has 1 unspecified atom stereocenters. The molecule has 6 heteroatoms. The molecule has 0 bridgehead atoms. The third kappa shape index (κ3) is 5.03. The molecule has 1 heterocycles. The Kier molecular flexibility index (Phi) is 6.45. The van der Waals surface area contributed by atoms with Crippen molar-refractivity contribution in [1.82, 2.24) is 4.98 Å². The van der Waals surface area contributed by atoms with Gasteiger partial charge in [-0.3, -0.25) is 9.59 Å². The third-order valence-electron chi connectivity index (χ3n) is 5.31. The third-order valence-corrected chi connectivity index (χ3v) is 6.35. The number of anilines is 1. The highest BCUT2D eigenvalue weighted by molar-refractivity contribution is 7.15. The van der Waals surface area contributed by atoms with Crippen molar-refractivity contribution < 1.29 is 14.3 Å². The number of hydrogen-bond donors (Lipinski definition) is 1. The van der Waals surface area contributed by atoms with Crippen molar-refractivity contribution in [3.8, 4) is 0 Å². The molecule has 138 valence electrons. The second-order valence-electron chi connectivity index (χ2n) is 7.17. The number of carbonyl (C=O) groups excluding carboxylic acids is 2. The van der Waals surface area contributed by atoms with Crippen LogP contribution in [0.3, 0.4) is 0 Å². The van der Waals surface area contributed by atoms with Crippen LogP contribution < -0.4 is 5.32 Å². The molecule has 1 N–H and O–H groups in total. The van der Waals surface area contributed by atoms with E-state index in [1.54, 1.807) is 0 Å². The highest BCUT2D eigenvalue weighted by atomic mass is 32.1. The second kappa shape index (κ2) is 8.79. The zero-order valence-electron chi connectivity index (χ0n) is 15.0. The summed E-state index contributed by atoms with van der Waals surface area (Å²) in [5.41, 5.74) is 1.04. The van der Waals surface area contributed by atoms with Crippen molar-refractivity contribution in [2.45, 2.75) is 71.1 Å². The van der Waals surface area contributed by atoms with Gasteiger partial charge in [-0.15, -0.1) is 11.3 Å². The Hall–Kier alpha value is -1.43. The number of fused-ring (bicyclic) bond motifs is 1. The van der Waals surface area contributed by atoms with Gasteiger partial charge in [-0.2, -0.15) is 0 Å². The lowest BCUT2D eigenvalue weighted by molar-refractivity contribution is -0.148. The minimum Gasteiger partial charge on any atom is -0.466 e. The number of esters is 1. The van der Waals surface area contributed by atoms with E-state index in [0.29, 0.717) is 30.5 Å². The van der Waals surface area contributed by atoms with Crippen molar-refractivity contribution in [2.75, 3.05) is 11.9 Å². The van der Waals surface area contributed by atoms with E-state index in [2.05, 4.69) is 10.3 Å². The molecule has 0 saturated heterocycles. The maximum atomic E-state index is 12.2. The predicted molar refractivity (Wildman–Crippen MR) is 98.7 cm³/mol. The fourth-order valence-corrected chi connectivity index (χ4v) is 4.99. The molecule has 2 aliphatic rings. The molecule has 1 atom stereocenters. The van der Waals surface area contributed by atoms with Crippen LogP contribution in [0.15, 0.2) is 0 Å². The Morgan fingerprint density at radius 3 is 2.80 bits per heavy atom. The smallest absolute Gasteiger partial charge is 0.309 e. The van der Waals surface area contributed by atoms with Crippen LogP contribution in [0.4, 0.5) is 5.13 Å². The van der Waals surface area contributed by atoms with Gasteiger partial charge in [0, 0.05) is 11.3 Å². The van der Waals surface area contributed by atoms with Crippen LogP contribution in [0.5, 0.6) is 0 Å². The summed E-state index contributed by atoms with van der Waals surface area (Å²) >= 11 is 1.51. The zero-order valence-corrected chi connectivity index (χ0v) is 15.8. The topological polar surface area (TPSA) is 68.3 Å². The molecule has 0 aliphatic heterocycles. The average Bonchev–Trinajstić information content (AvgIpc) is 3.02. The van der Waals surface area contributed by atoms with Crippen molar-refractivity contribution in [3.63, 3.8) is 0 Å². The Balaban J connectivity index is 1.49. The standard InChI is InChI=1S/C19H28N2O3S/c1-2-24-18(23)14-9-10-15-16(12-14)25-19(20-15)21-17(22)11-8-13-6-4-3-5-7-13/h13-14H,2-12H2,1H3,(H,20,21,22). The van der Waals surface area contributed by atoms with Crippen LogP contribution in [0, 0.1) is 11.8 Å². The van der Waals surface area contributed by atoms with Gasteiger partial charge in [0.15, 0.2) is 5.13 Å². The molecule has 0 radical (unpaired) electrons. The first-order valence-electron chi connectivity index (χ1n) is 9.60. The molecule has 1 fully saturated rings. The molecular weight excluding hydrogens is 336 g/mol. The van der Waals surface area contributed by atoms with Gasteiger partial charge in [-0.1, -0.05) is 32.1 Å². The Morgan fingerprint density at radius 1 is 1.24 bits per heavy atom. The van der Waals surface area contributed by atoms with Crippen LogP contribution in [0.1, 0.15) is 68.9 Å². The Morgan fingerprint density at radius 2 is 2.04 bits per heavy atom. The van der Waals surface area contributed by atoms with Gasteiger partial charge < -0.3 is 10.1 Å². The molecule has 1 saturated carbocycles. The highest BCUT2D eigenvalue weighted by Gasteiger charge is 2.28. The molecule has 1 aromatic heterocycles. The van der Waals surface area contributed by atoms with E-state index in [9.17, 15) is 9.59 Å². The first-order chi connectivity index (χ1) is 12.2. The lowest BCUT2D eigenvalue weighted by Crippen LogP contribution is -2.24. The summed E-state index contributed by atoms with van der Waals surface area (Å²) in [6.07, 6.45) is 10.3. The molecule has 3 rings (SSSR count). The molecular formula is C19H28N2O3S. The van der Waals surface area contributed by atoms with Gasteiger partial charge in [-0.25, -0.2) is 4.98 Å². The van der Waals surface area contributed by atoms with Crippen molar-refractivity contribution in [3.05, 3.63) is 10.6 Å². The second-order valence-corrected chi connectivity index (χ2v) is 8.26. The van der Waals surface area contributed by atoms with Gasteiger partial charge in [0.25, 0.3) is 0 Å². The number of aryl methyl sites for hydroxylation is 1. The number of hydrogen-bond acceptors (Lipinski definition) is 5. The first-order valence-corrected chi connectivity index (χ1v) is 10.4. The number of nitrogens with zero attached hydrogens (tertiary/aromatic N) is 1. The largest absolute Gasteiger partial charge is 0.466 e. The average molecular weight is 365 g/mol. The van der Waals surface area contributed by atoms with E-state index in [-0.39, 0.29) is 17.8 Å². The van der Waals surface area contributed by atoms with Crippen LogP contribution in [-0.4, -0.2) is 23.5 Å². The SMILES string of the molecule is CCOC(=O)C1CCc2nc(NC(=O)CCC3CCCCC3)sc2C1. The summed E-state index contributed by atoms with van der Waals surface area (Å²) < 4.78 is 5.13. The predicted octanol–water partition coefficient (Wildman–Crippen LogP) is 4.11. The number of thiazole rings is 1. The minimum absolute atomic E-state index is 0.0669. The van der Waals surface area contributed by atoms with Crippen LogP contribution >= 0.6 is 11.3 Å². The van der Waals surface area contributed by atoms with Crippen molar-refractivity contribution in [2.24, 2.45) is 11.8 Å². The van der Waals surface area contributed by atoms with Gasteiger partial charge in [-0.05, 0) is 38.5 Å². The molecule has 2 aliphatic carbocycles. The van der Waals surface area contributed by atoms with Gasteiger partial charge in [0.1, 0.15) is 0 Å². The lowest BCUT2D eigenvalue weighted by Gasteiger charge is -2.20. The monoisotopic (exact) mass is 364 g/mol. The van der Waals surface area contributed by atoms with E-state index >= 15 is 0 Å². The molecule has 1 amide bonds. The first kappa shape index (κ1) is 18.4. The van der Waals surface area contributed by atoms with E-state index in [1.165, 1.54) is 43.4 Å². The summed E-state index contributed by atoms with van der Waals surface area (Å²) in [6, 6.07) is 0. The van der Waals surface area contributed by atoms with E-state index in [4.69, 9.17) is 4.74 Å². The van der Waals surface area contributed by atoms with E-state index in [0.717, 1.165) is 29.8 Å². The summed E-state index contributed by atoms with van der Waals surface area (Å²) in [4.78, 5) is 29.8. The lowest BCUT2D eigenvalue weighted by atomic mass is 9.86. The Bertz CT molecular complexity index is 608. The summed E-state index contributed by atoms with van der Waals surface area (Å²) in [5, 5.41) is 3.64.